The lowest BCUT2D eigenvalue weighted by atomic mass is 10.2. The zero-order chi connectivity index (χ0) is 17.2. The molecule has 0 bridgehead atoms. The van der Waals surface area contributed by atoms with Gasteiger partial charge >= 0.3 is 5.97 Å². The van der Waals surface area contributed by atoms with Crippen LogP contribution in [0.25, 0.3) is 0 Å². The molecule has 1 aromatic carbocycles. The number of carbonyl (C=O) groups excluding carboxylic acids is 2. The molecule has 1 rings (SSSR count). The molecule has 0 aliphatic heterocycles. The number of carbonyl (C=O) groups is 2. The van der Waals surface area contributed by atoms with Gasteiger partial charge in [0, 0.05) is 0 Å². The summed E-state index contributed by atoms with van der Waals surface area (Å²) in [4.78, 5) is 22.3. The monoisotopic (exact) mass is 314 g/mol. The zero-order valence-electron chi connectivity index (χ0n) is 13.1. The lowest BCUT2D eigenvalue weighted by molar-refractivity contribution is -0.104. The van der Waals surface area contributed by atoms with Crippen molar-refractivity contribution in [1.29, 1.82) is 0 Å². The maximum Gasteiger partial charge on any atom is 0.343 e. The number of aldehydes is 1. The Morgan fingerprint density at radius 1 is 1.13 bits per heavy atom. The van der Waals surface area contributed by atoms with Crippen LogP contribution in [0.15, 0.2) is 72.7 Å². The summed E-state index contributed by atoms with van der Waals surface area (Å²) in [7, 11) is 2.95. The fraction of sp³-hybridized carbons (Fsp3) is 0.111. The van der Waals surface area contributed by atoms with Gasteiger partial charge in [-0.1, -0.05) is 19.2 Å². The van der Waals surface area contributed by atoms with E-state index in [2.05, 4.69) is 13.2 Å². The Hall–Kier alpha value is -3.08. The van der Waals surface area contributed by atoms with Crippen molar-refractivity contribution < 1.29 is 23.8 Å². The highest BCUT2D eigenvalue weighted by atomic mass is 16.6. The molecule has 0 heterocycles. The third-order valence-corrected chi connectivity index (χ3v) is 2.74. The Bertz CT molecular complexity index is 650. The summed E-state index contributed by atoms with van der Waals surface area (Å²) in [6.07, 6.45) is 4.91. The molecule has 0 aromatic heterocycles. The fourth-order valence-electron chi connectivity index (χ4n) is 1.58. The Morgan fingerprint density at radius 3 is 2.30 bits per heavy atom. The quantitative estimate of drug-likeness (QED) is 0.242. The van der Waals surface area contributed by atoms with Crippen LogP contribution in [0.4, 0.5) is 0 Å². The van der Waals surface area contributed by atoms with E-state index in [1.54, 1.807) is 24.3 Å². The van der Waals surface area contributed by atoms with Crippen LogP contribution >= 0.6 is 0 Å². The summed E-state index contributed by atoms with van der Waals surface area (Å²) >= 11 is 0. The van der Waals surface area contributed by atoms with E-state index in [1.165, 1.54) is 32.4 Å². The minimum atomic E-state index is -0.574. The Labute approximate surface area is 135 Å². The summed E-state index contributed by atoms with van der Waals surface area (Å²) in [5.41, 5.74) is 0.845. The molecular formula is C18H18O5. The highest BCUT2D eigenvalue weighted by Gasteiger charge is 2.13. The first kappa shape index (κ1) is 18.0. The van der Waals surface area contributed by atoms with Crippen LogP contribution in [-0.2, 0) is 14.3 Å². The first-order chi connectivity index (χ1) is 11.0. The molecule has 5 heteroatoms. The summed E-state index contributed by atoms with van der Waals surface area (Å²) < 4.78 is 15.3. The second-order valence-corrected chi connectivity index (χ2v) is 4.32. The van der Waals surface area contributed by atoms with Gasteiger partial charge in [0.1, 0.15) is 12.0 Å². The van der Waals surface area contributed by atoms with Gasteiger partial charge in [0.2, 0.25) is 0 Å². The average Bonchev–Trinajstić information content (AvgIpc) is 2.57. The van der Waals surface area contributed by atoms with Crippen LogP contribution < -0.4 is 4.74 Å². The van der Waals surface area contributed by atoms with Crippen LogP contribution in [0.3, 0.4) is 0 Å². The highest BCUT2D eigenvalue weighted by Crippen LogP contribution is 2.17. The smallest absolute Gasteiger partial charge is 0.343 e. The number of hydrogen-bond acceptors (Lipinski definition) is 5. The van der Waals surface area contributed by atoms with Crippen LogP contribution in [-0.4, -0.2) is 26.5 Å². The van der Waals surface area contributed by atoms with E-state index in [9.17, 15) is 9.59 Å². The van der Waals surface area contributed by atoms with E-state index in [-0.39, 0.29) is 11.5 Å². The Kier molecular flexibility index (Phi) is 7.07. The lowest BCUT2D eigenvalue weighted by Crippen LogP contribution is -2.07. The molecule has 0 N–H and O–H groups in total. The fourth-order valence-corrected chi connectivity index (χ4v) is 1.58. The van der Waals surface area contributed by atoms with Gasteiger partial charge in [-0.05, 0) is 42.0 Å². The third kappa shape index (κ3) is 5.67. The first-order valence-corrected chi connectivity index (χ1v) is 6.63. The largest absolute Gasteiger partial charge is 0.497 e. The number of esters is 1. The van der Waals surface area contributed by atoms with Crippen molar-refractivity contribution in [2.75, 3.05) is 14.2 Å². The van der Waals surface area contributed by atoms with Crippen molar-refractivity contribution in [1.82, 2.24) is 0 Å². The molecule has 0 amide bonds. The minimum absolute atomic E-state index is 0.0361. The van der Waals surface area contributed by atoms with E-state index >= 15 is 0 Å². The van der Waals surface area contributed by atoms with Crippen LogP contribution in [0, 0.1) is 0 Å². The molecule has 5 nitrogen and oxygen atoms in total. The van der Waals surface area contributed by atoms with Gasteiger partial charge in [-0.2, -0.15) is 0 Å². The standard InChI is InChI=1S/C18H18O5/c1-13(6-5-11-19)12-17(22-4)14(2)23-18(20)15-7-9-16(21-3)10-8-15/h5-12H,1-2H2,3-4H3/b6-5+,17-12+. The van der Waals surface area contributed by atoms with E-state index in [4.69, 9.17) is 14.2 Å². The van der Waals surface area contributed by atoms with Gasteiger partial charge < -0.3 is 14.2 Å². The molecule has 120 valence electrons. The summed E-state index contributed by atoms with van der Waals surface area (Å²) in [6.45, 7) is 7.38. The molecular weight excluding hydrogens is 296 g/mol. The highest BCUT2D eigenvalue weighted by molar-refractivity contribution is 5.90. The van der Waals surface area contributed by atoms with Crippen molar-refractivity contribution in [2.45, 2.75) is 0 Å². The predicted molar refractivity (Wildman–Crippen MR) is 87.0 cm³/mol. The van der Waals surface area contributed by atoms with E-state index in [0.717, 1.165) is 0 Å². The molecule has 0 fully saturated rings. The van der Waals surface area contributed by atoms with Gasteiger partial charge in [0.15, 0.2) is 11.5 Å². The zero-order valence-corrected chi connectivity index (χ0v) is 13.1. The number of methoxy groups -OCH3 is 2. The summed E-state index contributed by atoms with van der Waals surface area (Å²) in [5, 5.41) is 0. The van der Waals surface area contributed by atoms with Gasteiger partial charge in [0.05, 0.1) is 19.8 Å². The summed E-state index contributed by atoms with van der Waals surface area (Å²) in [6, 6.07) is 6.46. The minimum Gasteiger partial charge on any atom is -0.497 e. The maximum atomic E-state index is 12.0. The normalized spacial score (nSPS) is 11.0. The van der Waals surface area contributed by atoms with Crippen molar-refractivity contribution in [3.63, 3.8) is 0 Å². The van der Waals surface area contributed by atoms with Gasteiger partial charge in [-0.15, -0.1) is 0 Å². The number of hydrogen-bond donors (Lipinski definition) is 0. The first-order valence-electron chi connectivity index (χ1n) is 6.63. The average molecular weight is 314 g/mol. The molecule has 0 atom stereocenters. The van der Waals surface area contributed by atoms with Gasteiger partial charge in [-0.3, -0.25) is 4.79 Å². The van der Waals surface area contributed by atoms with Crippen LogP contribution in [0.1, 0.15) is 10.4 Å². The van der Waals surface area contributed by atoms with Crippen molar-refractivity contribution >= 4 is 12.3 Å². The Balaban J connectivity index is 2.80. The molecule has 0 radical (unpaired) electrons. The van der Waals surface area contributed by atoms with Crippen LogP contribution in [0.5, 0.6) is 5.75 Å². The van der Waals surface area contributed by atoms with Crippen LogP contribution in [0.2, 0.25) is 0 Å². The van der Waals surface area contributed by atoms with Crippen molar-refractivity contribution in [3.8, 4) is 5.75 Å². The van der Waals surface area contributed by atoms with E-state index < -0.39 is 5.97 Å². The van der Waals surface area contributed by atoms with Crippen molar-refractivity contribution in [2.24, 2.45) is 0 Å². The van der Waals surface area contributed by atoms with Crippen molar-refractivity contribution in [3.05, 3.63) is 78.3 Å². The molecule has 0 unspecified atom stereocenters. The molecule has 0 aliphatic rings. The number of rotatable bonds is 8. The number of ether oxygens (including phenoxy) is 3. The Morgan fingerprint density at radius 2 is 1.78 bits per heavy atom. The predicted octanol–water partition coefficient (Wildman–Crippen LogP) is 3.21. The van der Waals surface area contributed by atoms with Gasteiger partial charge in [-0.25, -0.2) is 4.79 Å². The third-order valence-electron chi connectivity index (χ3n) is 2.74. The van der Waals surface area contributed by atoms with E-state index in [0.29, 0.717) is 23.2 Å². The second kappa shape index (κ2) is 9.04. The molecule has 0 saturated carbocycles. The van der Waals surface area contributed by atoms with Gasteiger partial charge in [0.25, 0.3) is 0 Å². The molecule has 0 aliphatic carbocycles. The molecule has 0 saturated heterocycles. The number of benzene rings is 1. The molecule has 0 spiro atoms. The molecule has 23 heavy (non-hydrogen) atoms. The second-order valence-electron chi connectivity index (χ2n) is 4.32. The topological polar surface area (TPSA) is 61.8 Å². The summed E-state index contributed by atoms with van der Waals surface area (Å²) in [5.74, 6) is 0.326. The lowest BCUT2D eigenvalue weighted by Gasteiger charge is -2.10. The SMILES string of the molecule is C=C(/C=C/C=O)/C=C(/OC)C(=C)OC(=O)c1ccc(OC)cc1. The maximum absolute atomic E-state index is 12.0. The number of allylic oxidation sites excluding steroid dienone is 4. The molecule has 1 aromatic rings. The van der Waals surface area contributed by atoms with E-state index in [1.807, 2.05) is 0 Å².